The predicted molar refractivity (Wildman–Crippen MR) is 131 cm³/mol. The second kappa shape index (κ2) is 17.0. The SMILES string of the molecule is C/C=C\CC=C(C)OP(=O)(N[C@@H](C)C(=O)OC(C)C)O/C(NCC(C)C(F)(F)F)=C(/C)[N+](=O)[O-].CC. The lowest BCUT2D eigenvalue weighted by Gasteiger charge is -2.25. The normalized spacial score (nSPS) is 16.2. The number of hydrogen-bond donors (Lipinski definition) is 2. The number of esters is 1. The highest BCUT2D eigenvalue weighted by atomic mass is 31.2. The first-order valence-corrected chi connectivity index (χ1v) is 13.0. The zero-order valence-corrected chi connectivity index (χ0v) is 23.2. The van der Waals surface area contributed by atoms with E-state index in [0.717, 1.165) is 13.8 Å². The molecular weight excluding hydrogens is 506 g/mol. The summed E-state index contributed by atoms with van der Waals surface area (Å²) in [5.41, 5.74) is -0.743. The minimum absolute atomic E-state index is 0.0834. The van der Waals surface area contributed by atoms with Crippen LogP contribution in [0.25, 0.3) is 0 Å². The molecule has 0 saturated carbocycles. The molecule has 10 nitrogen and oxygen atoms in total. The van der Waals surface area contributed by atoms with Crippen LogP contribution in [0.15, 0.2) is 35.6 Å². The number of nitrogens with one attached hydrogen (secondary N) is 2. The lowest BCUT2D eigenvalue weighted by Crippen LogP contribution is -2.37. The molecule has 0 fully saturated rings. The van der Waals surface area contributed by atoms with Crippen molar-refractivity contribution >= 4 is 13.7 Å². The molecule has 0 aromatic heterocycles. The van der Waals surface area contributed by atoms with Crippen molar-refractivity contribution in [2.45, 2.75) is 87.1 Å². The molecule has 0 bridgehead atoms. The van der Waals surface area contributed by atoms with Crippen molar-refractivity contribution in [2.24, 2.45) is 5.92 Å². The summed E-state index contributed by atoms with van der Waals surface area (Å²) < 4.78 is 67.8. The van der Waals surface area contributed by atoms with Gasteiger partial charge in [0.25, 0.3) is 5.88 Å². The monoisotopic (exact) mass is 545 g/mol. The number of nitrogens with zero attached hydrogens (tertiary/aromatic N) is 1. The minimum Gasteiger partial charge on any atom is -0.462 e. The Morgan fingerprint density at radius 1 is 1.14 bits per heavy atom. The van der Waals surface area contributed by atoms with E-state index >= 15 is 0 Å². The standard InChI is InChI=1S/C20H33F3N3O7P.C2H6/c1-8-9-10-11-15(5)32-34(30,25-16(6)19(27)31-13(2)3)33-18(17(7)26(28)29)24-12-14(4)20(21,22)23;1-2/h8-9,11,13-14,16,24H,10,12H2,1-7H3,(H,25,30);1-2H3/b9-8-,15-11?,18-17-;/t14?,16-,34?;/m0./s1. The quantitative estimate of drug-likeness (QED) is 0.0654. The Hall–Kier alpha value is -2.53. The third kappa shape index (κ3) is 14.8. The van der Waals surface area contributed by atoms with Crippen molar-refractivity contribution in [1.29, 1.82) is 0 Å². The van der Waals surface area contributed by atoms with E-state index in [1.165, 1.54) is 19.9 Å². The molecule has 3 atom stereocenters. The first kappa shape index (κ1) is 35.6. The number of carbonyl (C=O) groups excluding carboxylic acids is 1. The first-order valence-electron chi connectivity index (χ1n) is 11.4. The molecule has 2 unspecified atom stereocenters. The largest absolute Gasteiger partial charge is 0.514 e. The summed E-state index contributed by atoms with van der Waals surface area (Å²) in [5.74, 6) is -3.43. The lowest BCUT2D eigenvalue weighted by molar-refractivity contribution is -0.427. The maximum Gasteiger partial charge on any atom is 0.514 e. The average molecular weight is 546 g/mol. The van der Waals surface area contributed by atoms with E-state index in [1.807, 2.05) is 13.8 Å². The third-order valence-electron chi connectivity index (χ3n) is 4.04. The Kier molecular flexibility index (Phi) is 16.8. The molecule has 0 rings (SSSR count). The highest BCUT2D eigenvalue weighted by molar-refractivity contribution is 7.52. The van der Waals surface area contributed by atoms with Gasteiger partial charge in [0, 0.05) is 13.5 Å². The summed E-state index contributed by atoms with van der Waals surface area (Å²) >= 11 is 0. The third-order valence-corrected chi connectivity index (χ3v) is 5.69. The first-order chi connectivity index (χ1) is 16.5. The van der Waals surface area contributed by atoms with Gasteiger partial charge in [0.2, 0.25) is 0 Å². The maximum absolute atomic E-state index is 13.5. The molecule has 0 aromatic carbocycles. The number of rotatable bonds is 14. The van der Waals surface area contributed by atoms with Gasteiger partial charge < -0.3 is 19.1 Å². The van der Waals surface area contributed by atoms with E-state index in [-0.39, 0.29) is 5.76 Å². The highest BCUT2D eigenvalue weighted by Gasteiger charge is 2.39. The molecule has 0 heterocycles. The maximum atomic E-state index is 13.5. The number of nitro groups is 1. The lowest BCUT2D eigenvalue weighted by atomic mass is 10.2. The molecule has 0 aliphatic heterocycles. The minimum atomic E-state index is -4.58. The second-order valence-electron chi connectivity index (χ2n) is 7.63. The zero-order valence-electron chi connectivity index (χ0n) is 22.3. The van der Waals surface area contributed by atoms with Gasteiger partial charge in [-0.1, -0.05) is 32.9 Å². The highest BCUT2D eigenvalue weighted by Crippen LogP contribution is 2.49. The molecular formula is C22H39F3N3O7P. The van der Waals surface area contributed by atoms with Gasteiger partial charge in [-0.15, -0.1) is 0 Å². The smallest absolute Gasteiger partial charge is 0.462 e. The molecule has 2 N–H and O–H groups in total. The van der Waals surface area contributed by atoms with Gasteiger partial charge >= 0.3 is 25.6 Å². The van der Waals surface area contributed by atoms with Crippen molar-refractivity contribution in [2.75, 3.05) is 6.54 Å². The summed E-state index contributed by atoms with van der Waals surface area (Å²) in [6.07, 6.45) is 0.369. The summed E-state index contributed by atoms with van der Waals surface area (Å²) in [6.45, 7) is 12.7. The van der Waals surface area contributed by atoms with Crippen molar-refractivity contribution in [1.82, 2.24) is 10.4 Å². The van der Waals surface area contributed by atoms with E-state index in [1.54, 1.807) is 32.9 Å². The van der Waals surface area contributed by atoms with Crippen molar-refractivity contribution in [3.8, 4) is 0 Å². The van der Waals surface area contributed by atoms with Crippen LogP contribution < -0.4 is 10.4 Å². The number of alkyl halides is 3. The summed E-state index contributed by atoms with van der Waals surface area (Å²) in [4.78, 5) is 22.5. The van der Waals surface area contributed by atoms with Crippen molar-refractivity contribution < 1.29 is 41.2 Å². The Morgan fingerprint density at radius 3 is 2.14 bits per heavy atom. The van der Waals surface area contributed by atoms with E-state index in [4.69, 9.17) is 13.8 Å². The van der Waals surface area contributed by atoms with Crippen LogP contribution in [0, 0.1) is 16.0 Å². The van der Waals surface area contributed by atoms with Gasteiger partial charge in [0.15, 0.2) is 0 Å². The zero-order chi connectivity index (χ0) is 28.7. The van der Waals surface area contributed by atoms with E-state index in [2.05, 4.69) is 10.4 Å². The summed E-state index contributed by atoms with van der Waals surface area (Å²) in [7, 11) is -4.58. The average Bonchev–Trinajstić information content (AvgIpc) is 2.75. The van der Waals surface area contributed by atoms with Crippen LogP contribution in [-0.2, 0) is 23.1 Å². The molecule has 0 amide bonds. The Bertz CT molecular complexity index is 843. The van der Waals surface area contributed by atoms with Crippen molar-refractivity contribution in [3.05, 3.63) is 45.7 Å². The van der Waals surface area contributed by atoms with Gasteiger partial charge in [0.1, 0.15) is 11.8 Å². The fourth-order valence-corrected chi connectivity index (χ4v) is 3.70. The molecule has 0 aliphatic rings. The topological polar surface area (TPSA) is 129 Å². The number of ether oxygens (including phenoxy) is 1. The predicted octanol–water partition coefficient (Wildman–Crippen LogP) is 6.21. The van der Waals surface area contributed by atoms with Crippen molar-refractivity contribution in [3.63, 3.8) is 0 Å². The molecule has 14 heteroatoms. The van der Waals surface area contributed by atoms with Gasteiger partial charge in [-0.05, 0) is 47.1 Å². The Labute approximate surface area is 211 Å². The van der Waals surface area contributed by atoms with E-state index in [0.29, 0.717) is 6.42 Å². The number of hydrogen-bond acceptors (Lipinski definition) is 8. The number of allylic oxidation sites excluding steroid dienone is 5. The molecule has 210 valence electrons. The van der Waals surface area contributed by atoms with Gasteiger partial charge in [-0.25, -0.2) is 4.57 Å². The molecule has 0 spiro atoms. The summed E-state index contributed by atoms with van der Waals surface area (Å²) in [5, 5.41) is 15.8. The van der Waals surface area contributed by atoms with Crippen LogP contribution in [0.1, 0.15) is 68.7 Å². The van der Waals surface area contributed by atoms with Crippen LogP contribution in [-0.4, -0.2) is 35.8 Å². The molecule has 0 saturated heterocycles. The molecule has 0 aromatic rings. The van der Waals surface area contributed by atoms with Crippen LogP contribution in [0.5, 0.6) is 0 Å². The van der Waals surface area contributed by atoms with E-state index < -0.39 is 61.0 Å². The van der Waals surface area contributed by atoms with Gasteiger partial charge in [-0.2, -0.15) is 18.3 Å². The van der Waals surface area contributed by atoms with Crippen LogP contribution >= 0.6 is 7.75 Å². The van der Waals surface area contributed by atoms with Gasteiger partial charge in [0.05, 0.1) is 16.9 Å². The molecule has 0 radical (unpaired) electrons. The fourth-order valence-electron chi connectivity index (χ4n) is 2.08. The number of halogens is 3. The van der Waals surface area contributed by atoms with Crippen LogP contribution in [0.4, 0.5) is 13.2 Å². The molecule has 0 aliphatic carbocycles. The van der Waals surface area contributed by atoms with Crippen LogP contribution in [0.3, 0.4) is 0 Å². The second-order valence-corrected chi connectivity index (χ2v) is 9.25. The number of carbonyl (C=O) groups is 1. The van der Waals surface area contributed by atoms with Gasteiger partial charge in [-0.3, -0.25) is 14.9 Å². The Morgan fingerprint density at radius 2 is 1.69 bits per heavy atom. The summed E-state index contributed by atoms with van der Waals surface area (Å²) in [6, 6.07) is -1.25. The van der Waals surface area contributed by atoms with E-state index in [9.17, 15) is 32.6 Å². The van der Waals surface area contributed by atoms with Crippen LogP contribution in [0.2, 0.25) is 0 Å². The fraction of sp³-hybridized carbons (Fsp3) is 0.682. The molecule has 36 heavy (non-hydrogen) atoms. The Balaban J connectivity index is 0.